The van der Waals surface area contributed by atoms with E-state index in [0.29, 0.717) is 6.42 Å². The number of thiazole rings is 1. The quantitative estimate of drug-likeness (QED) is 0.866. The number of piperidine rings is 1. The van der Waals surface area contributed by atoms with Crippen molar-refractivity contribution in [2.24, 2.45) is 0 Å². The van der Waals surface area contributed by atoms with Gasteiger partial charge >= 0.3 is 0 Å². The number of rotatable bonds is 4. The topological polar surface area (TPSA) is 54.5 Å². The van der Waals surface area contributed by atoms with Crippen LogP contribution in [0.2, 0.25) is 0 Å². The molecule has 1 fully saturated rings. The Morgan fingerprint density at radius 2 is 2.00 bits per heavy atom. The Hall–Kier alpha value is -2.08. The van der Waals surface area contributed by atoms with E-state index in [-0.39, 0.29) is 17.9 Å². The maximum Gasteiger partial charge on any atom is 0.226 e. The predicted molar refractivity (Wildman–Crippen MR) is 105 cm³/mol. The summed E-state index contributed by atoms with van der Waals surface area (Å²) in [6.07, 6.45) is 4.25. The van der Waals surface area contributed by atoms with Gasteiger partial charge in [-0.05, 0) is 39.2 Å². The molecule has 2 aliphatic heterocycles. The van der Waals surface area contributed by atoms with E-state index in [0.717, 1.165) is 40.2 Å². The van der Waals surface area contributed by atoms with Gasteiger partial charge in [0.15, 0.2) is 5.13 Å². The third kappa shape index (κ3) is 3.43. The van der Waals surface area contributed by atoms with Crippen LogP contribution in [0.3, 0.4) is 0 Å². The first-order chi connectivity index (χ1) is 12.6. The Morgan fingerprint density at radius 3 is 2.77 bits per heavy atom. The normalized spacial score (nSPS) is 20.0. The number of ether oxygens (including phenoxy) is 1. The highest BCUT2D eigenvalue weighted by atomic mass is 32.1. The van der Waals surface area contributed by atoms with E-state index in [2.05, 4.69) is 16.3 Å². The predicted octanol–water partition coefficient (Wildman–Crippen LogP) is 4.39. The number of hydrogen-bond acceptors (Lipinski definition) is 5. The van der Waals surface area contributed by atoms with Gasteiger partial charge in [0, 0.05) is 31.0 Å². The second-order valence-electron chi connectivity index (χ2n) is 7.27. The number of benzene rings is 1. The van der Waals surface area contributed by atoms with Crippen molar-refractivity contribution in [2.75, 3.05) is 23.3 Å². The number of carbonyl (C=O) groups is 1. The van der Waals surface area contributed by atoms with Gasteiger partial charge in [-0.1, -0.05) is 29.5 Å². The number of aromatic nitrogens is 1. The van der Waals surface area contributed by atoms with Crippen LogP contribution in [0.1, 0.15) is 55.9 Å². The van der Waals surface area contributed by atoms with Crippen LogP contribution in [0, 0.1) is 0 Å². The highest BCUT2D eigenvalue weighted by molar-refractivity contribution is 7.16. The SMILES string of the molecule is CC(C)Oc1ccccc1[C@@H]1CC(=O)Nc2nc(N3CCCCC3)sc21. The number of fused-ring (bicyclic) bond motifs is 1. The first kappa shape index (κ1) is 17.3. The zero-order valence-electron chi connectivity index (χ0n) is 15.3. The molecule has 0 spiro atoms. The van der Waals surface area contributed by atoms with Crippen molar-refractivity contribution in [1.29, 1.82) is 0 Å². The van der Waals surface area contributed by atoms with Crippen LogP contribution < -0.4 is 15.0 Å². The highest BCUT2D eigenvalue weighted by Crippen LogP contribution is 2.45. The minimum Gasteiger partial charge on any atom is -0.491 e. The maximum absolute atomic E-state index is 12.3. The van der Waals surface area contributed by atoms with E-state index >= 15 is 0 Å². The lowest BCUT2D eigenvalue weighted by Gasteiger charge is -2.25. The number of carbonyl (C=O) groups excluding carboxylic acids is 1. The Labute approximate surface area is 158 Å². The van der Waals surface area contributed by atoms with E-state index in [1.165, 1.54) is 19.3 Å². The molecule has 26 heavy (non-hydrogen) atoms. The molecule has 2 aromatic rings. The number of nitrogens with one attached hydrogen (secondary N) is 1. The first-order valence-corrected chi connectivity index (χ1v) is 10.2. The molecule has 1 aromatic carbocycles. The van der Waals surface area contributed by atoms with Gasteiger partial charge in [0.2, 0.25) is 5.91 Å². The molecule has 1 N–H and O–H groups in total. The fourth-order valence-electron chi connectivity index (χ4n) is 3.71. The third-order valence-corrected chi connectivity index (χ3v) is 6.12. The number of anilines is 2. The van der Waals surface area contributed by atoms with Crippen LogP contribution in [-0.2, 0) is 4.79 Å². The van der Waals surface area contributed by atoms with E-state index < -0.39 is 0 Å². The maximum atomic E-state index is 12.3. The largest absolute Gasteiger partial charge is 0.491 e. The summed E-state index contributed by atoms with van der Waals surface area (Å²) in [6.45, 7) is 6.16. The molecule has 0 bridgehead atoms. The molecule has 1 amide bonds. The molecule has 3 heterocycles. The molecule has 1 saturated heterocycles. The van der Waals surface area contributed by atoms with Gasteiger partial charge in [-0.2, -0.15) is 0 Å². The van der Waals surface area contributed by atoms with E-state index in [1.807, 2.05) is 32.0 Å². The minimum absolute atomic E-state index is 0.00439. The van der Waals surface area contributed by atoms with Gasteiger partial charge in [0.25, 0.3) is 0 Å². The Balaban J connectivity index is 1.71. The summed E-state index contributed by atoms with van der Waals surface area (Å²) in [5.41, 5.74) is 1.08. The van der Waals surface area contributed by atoms with Gasteiger partial charge in [-0.15, -0.1) is 0 Å². The summed E-state index contributed by atoms with van der Waals surface area (Å²) in [5.74, 6) is 1.62. The summed E-state index contributed by atoms with van der Waals surface area (Å²) in [4.78, 5) is 20.6. The molecule has 0 aliphatic carbocycles. The lowest BCUT2D eigenvalue weighted by Crippen LogP contribution is -2.29. The van der Waals surface area contributed by atoms with Crippen LogP contribution in [0.25, 0.3) is 0 Å². The van der Waals surface area contributed by atoms with E-state index in [1.54, 1.807) is 11.3 Å². The minimum atomic E-state index is 0.00439. The smallest absolute Gasteiger partial charge is 0.226 e. The van der Waals surface area contributed by atoms with Crippen molar-refractivity contribution in [2.45, 2.75) is 51.6 Å². The van der Waals surface area contributed by atoms with Crippen LogP contribution in [0.15, 0.2) is 24.3 Å². The Kier molecular flexibility index (Phi) is 4.85. The van der Waals surface area contributed by atoms with E-state index in [9.17, 15) is 4.79 Å². The van der Waals surface area contributed by atoms with E-state index in [4.69, 9.17) is 9.72 Å². The van der Waals surface area contributed by atoms with Gasteiger partial charge < -0.3 is 15.0 Å². The number of para-hydroxylation sites is 1. The summed E-state index contributed by atoms with van der Waals surface area (Å²) in [7, 11) is 0. The zero-order chi connectivity index (χ0) is 18.1. The molecule has 0 unspecified atom stereocenters. The summed E-state index contributed by atoms with van der Waals surface area (Å²) >= 11 is 1.72. The fraction of sp³-hybridized carbons (Fsp3) is 0.500. The fourth-order valence-corrected chi connectivity index (χ4v) is 4.90. The molecule has 138 valence electrons. The van der Waals surface area contributed by atoms with Crippen molar-refractivity contribution >= 4 is 28.2 Å². The molecule has 1 atom stereocenters. The second kappa shape index (κ2) is 7.27. The third-order valence-electron chi connectivity index (χ3n) is 4.89. The molecular weight excluding hydrogens is 346 g/mol. The van der Waals surface area contributed by atoms with Gasteiger partial charge in [-0.3, -0.25) is 4.79 Å². The van der Waals surface area contributed by atoms with Crippen molar-refractivity contribution < 1.29 is 9.53 Å². The average Bonchev–Trinajstić information content (AvgIpc) is 3.06. The summed E-state index contributed by atoms with van der Waals surface area (Å²) < 4.78 is 6.01. The first-order valence-electron chi connectivity index (χ1n) is 9.43. The lowest BCUT2D eigenvalue weighted by atomic mass is 9.91. The Morgan fingerprint density at radius 1 is 1.23 bits per heavy atom. The molecule has 0 radical (unpaired) electrons. The van der Waals surface area contributed by atoms with Crippen molar-refractivity contribution in [3.63, 3.8) is 0 Å². The van der Waals surface area contributed by atoms with Crippen LogP contribution >= 0.6 is 11.3 Å². The molecule has 4 rings (SSSR count). The molecule has 6 heteroatoms. The van der Waals surface area contributed by atoms with Crippen LogP contribution in [0.4, 0.5) is 10.9 Å². The molecule has 0 saturated carbocycles. The lowest BCUT2D eigenvalue weighted by molar-refractivity contribution is -0.116. The van der Waals surface area contributed by atoms with Crippen molar-refractivity contribution in [3.05, 3.63) is 34.7 Å². The van der Waals surface area contributed by atoms with Gasteiger partial charge in [0.05, 0.1) is 11.0 Å². The molecular formula is C20H25N3O2S. The molecule has 5 nitrogen and oxygen atoms in total. The number of hydrogen-bond donors (Lipinski definition) is 1. The van der Waals surface area contributed by atoms with Crippen molar-refractivity contribution in [3.8, 4) is 5.75 Å². The average molecular weight is 372 g/mol. The molecule has 1 aromatic heterocycles. The summed E-state index contributed by atoms with van der Waals surface area (Å²) in [5, 5.41) is 4.00. The van der Waals surface area contributed by atoms with Gasteiger partial charge in [0.1, 0.15) is 11.6 Å². The summed E-state index contributed by atoms with van der Waals surface area (Å²) in [6, 6.07) is 8.07. The van der Waals surface area contributed by atoms with Crippen molar-refractivity contribution in [1.82, 2.24) is 4.98 Å². The Bertz CT molecular complexity index is 796. The zero-order valence-corrected chi connectivity index (χ0v) is 16.1. The second-order valence-corrected chi connectivity index (χ2v) is 8.28. The number of nitrogens with zero attached hydrogens (tertiary/aromatic N) is 2. The van der Waals surface area contributed by atoms with Crippen LogP contribution in [0.5, 0.6) is 5.75 Å². The monoisotopic (exact) mass is 371 g/mol. The number of amides is 1. The highest BCUT2D eigenvalue weighted by Gasteiger charge is 2.33. The van der Waals surface area contributed by atoms with Gasteiger partial charge in [-0.25, -0.2) is 4.98 Å². The molecule has 2 aliphatic rings. The van der Waals surface area contributed by atoms with Crippen LogP contribution in [-0.4, -0.2) is 30.1 Å². The standard InChI is InChI=1S/C20H25N3O2S/c1-13(2)25-16-9-5-4-8-14(16)15-12-17(24)21-19-18(15)26-20(22-19)23-10-6-3-7-11-23/h4-5,8-9,13,15H,3,6-7,10-12H2,1-2H3,(H,21,24)/t15-/m0/s1.